The first-order valence-electron chi connectivity index (χ1n) is 24.9. The molecular formula is C62H51BF6O7P2S2. The number of benzene rings is 9. The van der Waals surface area contributed by atoms with Crippen molar-refractivity contribution >= 4 is 86.0 Å². The molecule has 0 bridgehead atoms. The van der Waals surface area contributed by atoms with Gasteiger partial charge in [-0.2, -0.15) is 0 Å². The Morgan fingerprint density at radius 2 is 0.650 bits per heavy atom. The Morgan fingerprint density at radius 3 is 0.875 bits per heavy atom. The molecule has 0 radical (unpaired) electrons. The van der Waals surface area contributed by atoms with Gasteiger partial charge in [-0.25, -0.2) is 0 Å². The number of alkyl halides is 6. The maximum absolute atomic E-state index is 15.8. The Bertz CT molecular complexity index is 3250. The second-order valence-corrected chi connectivity index (χ2v) is 30.7. The van der Waals surface area contributed by atoms with Gasteiger partial charge in [0.15, 0.2) is 0 Å². The predicted molar refractivity (Wildman–Crippen MR) is 311 cm³/mol. The van der Waals surface area contributed by atoms with Crippen molar-refractivity contribution in [3.05, 3.63) is 271 Å². The molecule has 0 saturated heterocycles. The van der Waals surface area contributed by atoms with Crippen molar-refractivity contribution in [2.24, 2.45) is 0 Å². The Hall–Kier alpha value is -7.16. The van der Waals surface area contributed by atoms with E-state index >= 15 is 35.9 Å². The first-order chi connectivity index (χ1) is 38.3. The minimum absolute atomic E-state index is 0.0184. The van der Waals surface area contributed by atoms with Gasteiger partial charge in [0.1, 0.15) is 0 Å². The van der Waals surface area contributed by atoms with Crippen LogP contribution in [0, 0.1) is 0 Å². The van der Waals surface area contributed by atoms with E-state index in [1.807, 2.05) is 0 Å². The zero-order valence-electron chi connectivity index (χ0n) is 43.0. The molecule has 0 heterocycles. The zero-order valence-corrected chi connectivity index (χ0v) is 46.4. The molecule has 0 amide bonds. The summed E-state index contributed by atoms with van der Waals surface area (Å²) in [6.45, 7) is -10.8. The Kier molecular flexibility index (Phi) is 16.6. The molecule has 18 heteroatoms. The first kappa shape index (κ1) is 57.5. The summed E-state index contributed by atoms with van der Waals surface area (Å²) in [4.78, 5) is 32.4. The van der Waals surface area contributed by atoms with Crippen molar-refractivity contribution in [2.75, 3.05) is 24.8 Å². The van der Waals surface area contributed by atoms with E-state index in [4.69, 9.17) is 13.5 Å². The summed E-state index contributed by atoms with van der Waals surface area (Å²) in [7, 11) is -5.30. The number of halogens is 6. The third kappa shape index (κ3) is 11.1. The molecule has 2 atom stereocenters. The van der Waals surface area contributed by atoms with E-state index in [1.54, 1.807) is 206 Å². The third-order valence-electron chi connectivity index (χ3n) is 14.2. The van der Waals surface area contributed by atoms with E-state index in [-0.39, 0.29) is 17.2 Å². The summed E-state index contributed by atoms with van der Waals surface area (Å²) in [6.07, 6.45) is -8.78. The fraction of sp³-hybridized carbons (Fsp3) is 0.0968. The molecule has 7 nitrogen and oxygen atoms in total. The van der Waals surface area contributed by atoms with Crippen LogP contribution in [0.25, 0.3) is 0 Å². The van der Waals surface area contributed by atoms with Crippen LogP contribution in [-0.4, -0.2) is 52.1 Å². The molecule has 0 N–H and O–H groups in total. The molecule has 9 aromatic carbocycles. The van der Waals surface area contributed by atoms with Crippen LogP contribution in [0.4, 0.5) is 26.3 Å². The molecule has 0 aliphatic rings. The molecule has 0 aromatic heterocycles. The van der Waals surface area contributed by atoms with E-state index in [0.717, 1.165) is 0 Å². The van der Waals surface area contributed by atoms with Gasteiger partial charge in [0.05, 0.1) is 0 Å². The van der Waals surface area contributed by atoms with Gasteiger partial charge in [0.2, 0.25) is 0 Å². The number of ketones is 2. The van der Waals surface area contributed by atoms with Crippen molar-refractivity contribution < 1.29 is 57.9 Å². The van der Waals surface area contributed by atoms with Crippen LogP contribution in [0.3, 0.4) is 0 Å². The number of rotatable bonds is 20. The summed E-state index contributed by atoms with van der Waals surface area (Å²) in [5.74, 6) is -2.02. The first-order valence-corrected chi connectivity index (χ1v) is 32.7. The molecule has 0 spiro atoms. The monoisotopic (exact) mass is 1160 g/mol. The number of Topliss-reactive ketones (excluding diaryl/α,β-unsaturated/α-hetero) is 2. The minimum atomic E-state index is -5.39. The van der Waals surface area contributed by atoms with Crippen LogP contribution < -0.4 is 36.5 Å². The van der Waals surface area contributed by atoms with E-state index in [9.17, 15) is 8.42 Å². The Balaban J connectivity index is 1.46. The molecule has 80 heavy (non-hydrogen) atoms. The van der Waals surface area contributed by atoms with Crippen molar-refractivity contribution in [3.63, 3.8) is 0 Å². The Morgan fingerprint density at radius 1 is 0.400 bits per heavy atom. The summed E-state index contributed by atoms with van der Waals surface area (Å²) in [6, 6.07) is 65.1. The summed E-state index contributed by atoms with van der Waals surface area (Å²) in [5.41, 5.74) is -3.08. The number of carbonyl (C=O) groups excluding carboxylic acids is 2. The quantitative estimate of drug-likeness (QED) is 0.0325. The fourth-order valence-electron chi connectivity index (χ4n) is 10.3. The Labute approximate surface area is 465 Å². The van der Waals surface area contributed by atoms with E-state index in [0.29, 0.717) is 53.8 Å². The summed E-state index contributed by atoms with van der Waals surface area (Å²) >= 11 is 0. The number of carbonyl (C=O) groups is 2. The standard InChI is InChI=1S/C62H51BF6O7P2S2/c1-79(72)57-37-33-46(34-38-57)59(70)44-77(51-21-9-3-10-22-51,52-23-11-4-12-24-52,53-25-13-5-14-26-53)75-63(74-50-42-48(61(64,65)66)41-49(43-50)62(67,68)69)76-78(54-27-15-6-16-28-54,55-29-17-7-18-30-55,56-31-19-8-20-32-56)45-60(71)47-35-39-58(40-36-47)80(2)73/h3-43H,44-45H2,1-2H3. The molecular weight excluding hydrogens is 1110 g/mol. The van der Waals surface area contributed by atoms with Gasteiger partial charge >= 0.3 is 468 Å². The molecule has 2 unspecified atom stereocenters. The van der Waals surface area contributed by atoms with Crippen LogP contribution in [0.15, 0.2) is 259 Å². The second kappa shape index (κ2) is 23.1. The van der Waals surface area contributed by atoms with Gasteiger partial charge in [-0.1, -0.05) is 0 Å². The van der Waals surface area contributed by atoms with E-state index in [1.165, 1.54) is 36.8 Å². The zero-order chi connectivity index (χ0) is 56.8. The maximum atomic E-state index is 15.8. The normalized spacial score (nSPS) is 13.8. The topological polar surface area (TPSA) is 96.0 Å². The van der Waals surface area contributed by atoms with E-state index in [2.05, 4.69) is 0 Å². The van der Waals surface area contributed by atoms with Crippen LogP contribution in [-0.2, 0) is 42.8 Å². The molecule has 408 valence electrons. The SMILES string of the molecule is CS(=O)c1ccc(C(=O)CP(OB(Oc2cc(C(F)(F)F)cc(C(F)(F)F)c2)OP(CC(=O)c2ccc(S(C)=O)cc2)(c2ccccc2)(c2ccccc2)c2ccccc2)(c2ccccc2)(c2ccccc2)c2ccccc2)cc1. The average Bonchev–Trinajstić information content (AvgIpc) is 3.48. The third-order valence-corrected chi connectivity index (χ3v) is 27.4. The van der Waals surface area contributed by atoms with Crippen molar-refractivity contribution in [1.29, 1.82) is 0 Å². The molecule has 0 aliphatic carbocycles. The van der Waals surface area contributed by atoms with Crippen LogP contribution in [0.1, 0.15) is 31.8 Å². The van der Waals surface area contributed by atoms with Gasteiger partial charge in [-0.3, -0.25) is 0 Å². The van der Waals surface area contributed by atoms with Gasteiger partial charge in [0, 0.05) is 0 Å². The number of hydrogen-bond acceptors (Lipinski definition) is 7. The number of hydrogen-bond donors (Lipinski definition) is 0. The van der Waals surface area contributed by atoms with Crippen molar-refractivity contribution in [1.82, 2.24) is 0 Å². The molecule has 9 rings (SSSR count). The van der Waals surface area contributed by atoms with Crippen LogP contribution in [0.5, 0.6) is 5.75 Å². The fourth-order valence-corrected chi connectivity index (χ4v) is 22.4. The van der Waals surface area contributed by atoms with Crippen LogP contribution in [0.2, 0.25) is 0 Å². The van der Waals surface area contributed by atoms with Crippen molar-refractivity contribution in [2.45, 2.75) is 22.1 Å². The molecule has 0 saturated carbocycles. The van der Waals surface area contributed by atoms with Gasteiger partial charge in [0.25, 0.3) is 0 Å². The molecule has 9 aromatic rings. The second-order valence-electron chi connectivity index (χ2n) is 18.9. The molecule has 0 aliphatic heterocycles. The van der Waals surface area contributed by atoms with Gasteiger partial charge in [-0.05, 0) is 0 Å². The van der Waals surface area contributed by atoms with Gasteiger partial charge < -0.3 is 0 Å². The van der Waals surface area contributed by atoms with Crippen LogP contribution >= 0.6 is 13.7 Å². The van der Waals surface area contributed by atoms with E-state index < -0.39 is 95.7 Å². The average molecular weight is 1160 g/mol. The van der Waals surface area contributed by atoms with Gasteiger partial charge in [-0.15, -0.1) is 0 Å². The summed E-state index contributed by atoms with van der Waals surface area (Å²) in [5, 5.41) is 2.23. The predicted octanol–water partition coefficient (Wildman–Crippen LogP) is 12.3. The van der Waals surface area contributed by atoms with Crippen molar-refractivity contribution in [3.8, 4) is 5.75 Å². The summed E-state index contributed by atoms with van der Waals surface area (Å²) < 4.78 is 138. The molecule has 0 fully saturated rings.